The molecule has 0 saturated carbocycles. The van der Waals surface area contributed by atoms with Gasteiger partial charge in [0.25, 0.3) is 0 Å². The molecule has 0 unspecified atom stereocenters. The largest absolute Gasteiger partial charge is 0.491 e. The van der Waals surface area contributed by atoms with E-state index in [1.54, 1.807) is 12.1 Å². The van der Waals surface area contributed by atoms with Crippen LogP contribution >= 0.6 is 0 Å². The second-order valence-electron chi connectivity index (χ2n) is 6.48. The SMILES string of the molecule is CN(C[C@H](O)COc1ccccc1)C[C@@H]1CC(c2ccc(F)cc2)=NO1. The lowest BCUT2D eigenvalue weighted by molar-refractivity contribution is 0.0333. The van der Waals surface area contributed by atoms with Crippen molar-refractivity contribution in [1.82, 2.24) is 4.90 Å². The monoisotopic (exact) mass is 358 g/mol. The van der Waals surface area contributed by atoms with Crippen LogP contribution in [0.4, 0.5) is 4.39 Å². The number of halogens is 1. The van der Waals surface area contributed by atoms with Gasteiger partial charge in [-0.3, -0.25) is 4.90 Å². The maximum atomic E-state index is 13.0. The van der Waals surface area contributed by atoms with Gasteiger partial charge in [0, 0.05) is 19.5 Å². The number of para-hydroxylation sites is 1. The lowest BCUT2D eigenvalue weighted by Gasteiger charge is -2.22. The zero-order chi connectivity index (χ0) is 18.4. The maximum absolute atomic E-state index is 13.0. The highest BCUT2D eigenvalue weighted by Crippen LogP contribution is 2.18. The molecule has 0 aromatic heterocycles. The molecule has 2 aromatic carbocycles. The Morgan fingerprint density at radius 2 is 1.96 bits per heavy atom. The second-order valence-corrected chi connectivity index (χ2v) is 6.48. The third-order valence-corrected chi connectivity index (χ3v) is 4.13. The van der Waals surface area contributed by atoms with Crippen LogP contribution < -0.4 is 4.74 Å². The van der Waals surface area contributed by atoms with E-state index in [0.717, 1.165) is 17.0 Å². The minimum atomic E-state index is -0.598. The van der Waals surface area contributed by atoms with Crippen LogP contribution in [0, 0.1) is 5.82 Å². The molecule has 5 nitrogen and oxygen atoms in total. The van der Waals surface area contributed by atoms with E-state index in [2.05, 4.69) is 5.16 Å². The molecule has 2 aromatic rings. The number of nitrogens with zero attached hydrogens (tertiary/aromatic N) is 2. The minimum Gasteiger partial charge on any atom is -0.491 e. The zero-order valence-electron chi connectivity index (χ0n) is 14.7. The summed E-state index contributed by atoms with van der Waals surface area (Å²) < 4.78 is 18.6. The highest BCUT2D eigenvalue weighted by Gasteiger charge is 2.24. The van der Waals surface area contributed by atoms with E-state index in [1.165, 1.54) is 12.1 Å². The van der Waals surface area contributed by atoms with Crippen molar-refractivity contribution in [3.63, 3.8) is 0 Å². The first kappa shape index (κ1) is 18.4. The van der Waals surface area contributed by atoms with Gasteiger partial charge in [-0.05, 0) is 36.9 Å². The number of aliphatic hydroxyl groups is 1. The third-order valence-electron chi connectivity index (χ3n) is 4.13. The number of oxime groups is 1. The molecule has 1 aliphatic rings. The van der Waals surface area contributed by atoms with E-state index in [-0.39, 0.29) is 18.5 Å². The number of ether oxygens (including phenoxy) is 1. The normalized spacial score (nSPS) is 17.7. The standard InChI is InChI=1S/C20H23FN2O3/c1-23(12-17(24)14-25-18-5-3-2-4-6-18)13-19-11-20(22-26-19)15-7-9-16(21)10-8-15/h2-10,17,19,24H,11-14H2,1H3/t17-,19-/m0/s1. The molecule has 1 aliphatic heterocycles. The van der Waals surface area contributed by atoms with Gasteiger partial charge >= 0.3 is 0 Å². The second kappa shape index (κ2) is 8.78. The molecule has 2 atom stereocenters. The highest BCUT2D eigenvalue weighted by molar-refractivity contribution is 6.01. The average Bonchev–Trinajstić information content (AvgIpc) is 3.09. The lowest BCUT2D eigenvalue weighted by atomic mass is 10.0. The number of likely N-dealkylation sites (N-methyl/N-ethyl adjacent to an activating group) is 1. The Balaban J connectivity index is 1.40. The summed E-state index contributed by atoms with van der Waals surface area (Å²) >= 11 is 0. The summed E-state index contributed by atoms with van der Waals surface area (Å²) in [6.45, 7) is 1.34. The zero-order valence-corrected chi connectivity index (χ0v) is 14.7. The van der Waals surface area contributed by atoms with Crippen LogP contribution in [0.2, 0.25) is 0 Å². The molecule has 0 saturated heterocycles. The Morgan fingerprint density at radius 3 is 2.69 bits per heavy atom. The van der Waals surface area contributed by atoms with Crippen LogP contribution in [0.15, 0.2) is 59.8 Å². The van der Waals surface area contributed by atoms with E-state index in [9.17, 15) is 9.50 Å². The Labute approximate surface area is 152 Å². The first-order valence-electron chi connectivity index (χ1n) is 8.63. The van der Waals surface area contributed by atoms with Crippen LogP contribution in [0.25, 0.3) is 0 Å². The summed E-state index contributed by atoms with van der Waals surface area (Å²) in [6, 6.07) is 15.7. The van der Waals surface area contributed by atoms with Gasteiger partial charge in [-0.25, -0.2) is 4.39 Å². The molecule has 0 amide bonds. The fraction of sp³-hybridized carbons (Fsp3) is 0.350. The molecule has 0 spiro atoms. The van der Waals surface area contributed by atoms with Crippen molar-refractivity contribution in [2.75, 3.05) is 26.7 Å². The summed E-state index contributed by atoms with van der Waals surface area (Å²) in [5.74, 6) is 0.474. The van der Waals surface area contributed by atoms with Crippen molar-refractivity contribution in [3.05, 3.63) is 66.0 Å². The molecule has 26 heavy (non-hydrogen) atoms. The Kier molecular flexibility index (Phi) is 6.20. The predicted octanol–water partition coefficient (Wildman–Crippen LogP) is 2.69. The van der Waals surface area contributed by atoms with Crippen molar-refractivity contribution < 1.29 is 19.1 Å². The van der Waals surface area contributed by atoms with Gasteiger partial charge < -0.3 is 14.7 Å². The topological polar surface area (TPSA) is 54.3 Å². The van der Waals surface area contributed by atoms with Gasteiger partial charge in [-0.2, -0.15) is 0 Å². The van der Waals surface area contributed by atoms with Crippen LogP contribution in [0.3, 0.4) is 0 Å². The van der Waals surface area contributed by atoms with E-state index in [1.807, 2.05) is 42.3 Å². The van der Waals surface area contributed by atoms with Gasteiger partial charge in [0.1, 0.15) is 30.4 Å². The van der Waals surface area contributed by atoms with E-state index >= 15 is 0 Å². The number of benzene rings is 2. The molecule has 0 fully saturated rings. The van der Waals surface area contributed by atoms with E-state index < -0.39 is 6.10 Å². The first-order valence-corrected chi connectivity index (χ1v) is 8.63. The van der Waals surface area contributed by atoms with E-state index in [0.29, 0.717) is 19.5 Å². The van der Waals surface area contributed by atoms with Crippen LogP contribution in [-0.4, -0.2) is 54.7 Å². The maximum Gasteiger partial charge on any atom is 0.145 e. The van der Waals surface area contributed by atoms with Gasteiger partial charge in [-0.1, -0.05) is 35.5 Å². The molecule has 1 N–H and O–H groups in total. The van der Waals surface area contributed by atoms with Crippen molar-refractivity contribution in [2.24, 2.45) is 5.16 Å². The summed E-state index contributed by atoms with van der Waals surface area (Å²) in [5, 5.41) is 14.2. The molecular formula is C20H23FN2O3. The molecule has 3 rings (SSSR count). The van der Waals surface area contributed by atoms with Crippen molar-refractivity contribution in [3.8, 4) is 5.75 Å². The van der Waals surface area contributed by atoms with Crippen molar-refractivity contribution >= 4 is 5.71 Å². The fourth-order valence-corrected chi connectivity index (χ4v) is 2.88. The summed E-state index contributed by atoms with van der Waals surface area (Å²) in [5.41, 5.74) is 1.68. The highest BCUT2D eigenvalue weighted by atomic mass is 19.1. The lowest BCUT2D eigenvalue weighted by Crippen LogP contribution is -2.37. The molecule has 6 heteroatoms. The smallest absolute Gasteiger partial charge is 0.145 e. The van der Waals surface area contributed by atoms with Gasteiger partial charge in [0.2, 0.25) is 0 Å². The predicted molar refractivity (Wildman–Crippen MR) is 97.9 cm³/mol. The molecular weight excluding hydrogens is 335 g/mol. The van der Waals surface area contributed by atoms with Crippen LogP contribution in [-0.2, 0) is 4.84 Å². The summed E-state index contributed by atoms with van der Waals surface area (Å²) in [4.78, 5) is 7.46. The molecule has 0 radical (unpaired) electrons. The van der Waals surface area contributed by atoms with E-state index in [4.69, 9.17) is 9.57 Å². The Bertz CT molecular complexity index is 722. The first-order chi connectivity index (χ1) is 12.6. The van der Waals surface area contributed by atoms with Gasteiger partial charge in [0.05, 0.1) is 5.71 Å². The van der Waals surface area contributed by atoms with Crippen molar-refractivity contribution in [2.45, 2.75) is 18.6 Å². The number of hydrogen-bond acceptors (Lipinski definition) is 5. The quantitative estimate of drug-likeness (QED) is 0.788. The van der Waals surface area contributed by atoms with Gasteiger partial charge in [0.15, 0.2) is 0 Å². The molecule has 0 aliphatic carbocycles. The number of hydrogen-bond donors (Lipinski definition) is 1. The van der Waals surface area contributed by atoms with Crippen LogP contribution in [0.1, 0.15) is 12.0 Å². The molecule has 0 bridgehead atoms. The number of rotatable bonds is 8. The summed E-state index contributed by atoms with van der Waals surface area (Å²) in [6.07, 6.45) is -0.0200. The Hall–Kier alpha value is -2.44. The van der Waals surface area contributed by atoms with Crippen molar-refractivity contribution in [1.29, 1.82) is 0 Å². The molecule has 1 heterocycles. The third kappa shape index (κ3) is 5.28. The number of aliphatic hydroxyl groups excluding tert-OH is 1. The van der Waals surface area contributed by atoms with Crippen LogP contribution in [0.5, 0.6) is 5.75 Å². The summed E-state index contributed by atoms with van der Waals surface area (Å²) in [7, 11) is 1.92. The minimum absolute atomic E-state index is 0.0812. The average molecular weight is 358 g/mol. The van der Waals surface area contributed by atoms with Gasteiger partial charge in [-0.15, -0.1) is 0 Å². The Morgan fingerprint density at radius 1 is 1.23 bits per heavy atom. The molecule has 138 valence electrons. The fourth-order valence-electron chi connectivity index (χ4n) is 2.88.